The molecule has 6 nitrogen and oxygen atoms in total. The molecule has 0 saturated heterocycles. The van der Waals surface area contributed by atoms with Crippen molar-refractivity contribution in [1.82, 2.24) is 10.6 Å². The van der Waals surface area contributed by atoms with Crippen LogP contribution in [0.2, 0.25) is 0 Å². The summed E-state index contributed by atoms with van der Waals surface area (Å²) in [4.78, 5) is 21.2. The lowest BCUT2D eigenvalue weighted by atomic mass is 10.3. The summed E-state index contributed by atoms with van der Waals surface area (Å²) in [6.45, 7) is 2.49. The van der Waals surface area contributed by atoms with E-state index in [1.54, 1.807) is 6.26 Å². The third-order valence-electron chi connectivity index (χ3n) is 1.84. The normalized spacial score (nSPS) is 14.3. The van der Waals surface area contributed by atoms with E-state index in [0.717, 1.165) is 0 Å². The summed E-state index contributed by atoms with van der Waals surface area (Å²) in [5, 5.41) is 4.85. The predicted molar refractivity (Wildman–Crippen MR) is 58.7 cm³/mol. The van der Waals surface area contributed by atoms with Gasteiger partial charge in [-0.3, -0.25) is 14.3 Å². The van der Waals surface area contributed by atoms with Crippen LogP contribution in [0.4, 0.5) is 4.79 Å². The minimum Gasteiger partial charge on any atom is -0.351 e. The van der Waals surface area contributed by atoms with Crippen molar-refractivity contribution in [3.63, 3.8) is 0 Å². The summed E-state index contributed by atoms with van der Waals surface area (Å²) in [6.07, 6.45) is 2.36. The molecule has 2 atom stereocenters. The fourth-order valence-corrected chi connectivity index (χ4v) is 1.30. The van der Waals surface area contributed by atoms with Gasteiger partial charge in [-0.2, -0.15) is 0 Å². The molecule has 0 heterocycles. The molecule has 0 aromatic rings. The van der Waals surface area contributed by atoms with Crippen molar-refractivity contribution in [3.05, 3.63) is 0 Å². The quantitative estimate of drug-likeness (QED) is 0.510. The lowest BCUT2D eigenvalue weighted by Crippen LogP contribution is -2.41. The van der Waals surface area contributed by atoms with Gasteiger partial charge in [-0.15, -0.1) is 0 Å². The van der Waals surface area contributed by atoms with Crippen LogP contribution >= 0.6 is 0 Å². The summed E-state index contributed by atoms with van der Waals surface area (Å²) < 4.78 is 11.0. The summed E-state index contributed by atoms with van der Waals surface area (Å²) in [5.74, 6) is -0.465. The Morgan fingerprint density at radius 1 is 1.47 bits per heavy atom. The second-order valence-corrected chi connectivity index (χ2v) is 4.99. The molecule has 0 rings (SSSR count). The first-order valence-electron chi connectivity index (χ1n) is 4.55. The molecule has 0 aliphatic carbocycles. The third-order valence-corrected chi connectivity index (χ3v) is 3.21. The van der Waals surface area contributed by atoms with E-state index in [-0.39, 0.29) is 11.8 Å². The van der Waals surface area contributed by atoms with Crippen molar-refractivity contribution in [2.24, 2.45) is 5.73 Å². The highest BCUT2D eigenvalue weighted by Gasteiger charge is 2.06. The maximum atomic E-state index is 11.0. The second kappa shape index (κ2) is 7.36. The van der Waals surface area contributed by atoms with Gasteiger partial charge in [0, 0.05) is 22.3 Å². The average molecular weight is 235 g/mol. The molecule has 15 heavy (non-hydrogen) atoms. The highest BCUT2D eigenvalue weighted by Crippen LogP contribution is 1.96. The number of carbonyl (C=O) groups excluding carboxylic acids is 2. The molecule has 0 bridgehead atoms. The Hall–Kier alpha value is -0.950. The number of nitrogens with one attached hydrogen (secondary N) is 2. The van der Waals surface area contributed by atoms with Crippen molar-refractivity contribution in [2.75, 3.05) is 19.3 Å². The summed E-state index contributed by atoms with van der Waals surface area (Å²) in [5.41, 5.74) is 4.75. The van der Waals surface area contributed by atoms with Crippen LogP contribution in [0.25, 0.3) is 0 Å². The highest BCUT2D eigenvalue weighted by molar-refractivity contribution is 7.84. The Balaban J connectivity index is 3.50. The molecule has 0 aliphatic heterocycles. The number of hydrogen-bond acceptors (Lipinski definition) is 4. The van der Waals surface area contributed by atoms with Gasteiger partial charge < -0.3 is 11.1 Å². The molecule has 0 aliphatic rings. The molecule has 0 aromatic heterocycles. The first-order valence-corrected chi connectivity index (χ1v) is 6.18. The molecular weight excluding hydrogens is 218 g/mol. The van der Waals surface area contributed by atoms with E-state index in [9.17, 15) is 13.8 Å². The number of urea groups is 1. The summed E-state index contributed by atoms with van der Waals surface area (Å²) in [6, 6.07) is -0.857. The van der Waals surface area contributed by atoms with Crippen molar-refractivity contribution < 1.29 is 13.8 Å². The molecule has 0 radical (unpaired) electrons. The number of rotatable bonds is 6. The number of carbonyl (C=O) groups is 2. The maximum absolute atomic E-state index is 11.0. The van der Waals surface area contributed by atoms with E-state index >= 15 is 0 Å². The van der Waals surface area contributed by atoms with Gasteiger partial charge in [0.1, 0.15) is 0 Å². The Bertz CT molecular complexity index is 258. The Morgan fingerprint density at radius 2 is 2.07 bits per heavy atom. The molecule has 7 heteroatoms. The number of hydrogen-bond donors (Lipinski definition) is 3. The first-order chi connectivity index (χ1) is 6.93. The van der Waals surface area contributed by atoms with Crippen LogP contribution in [0.3, 0.4) is 0 Å². The molecule has 88 valence electrons. The van der Waals surface area contributed by atoms with E-state index in [0.29, 0.717) is 13.0 Å². The maximum Gasteiger partial charge on any atom is 0.318 e. The predicted octanol–water partition coefficient (Wildman–Crippen LogP) is -1.07. The summed E-state index contributed by atoms with van der Waals surface area (Å²) >= 11 is 0. The smallest absolute Gasteiger partial charge is 0.318 e. The zero-order valence-electron chi connectivity index (χ0n) is 8.91. The van der Waals surface area contributed by atoms with Crippen molar-refractivity contribution in [3.8, 4) is 0 Å². The molecule has 0 saturated carbocycles. The van der Waals surface area contributed by atoms with Crippen LogP contribution in [-0.2, 0) is 15.6 Å². The van der Waals surface area contributed by atoms with Gasteiger partial charge in [0.25, 0.3) is 0 Å². The van der Waals surface area contributed by atoms with Crippen LogP contribution in [-0.4, -0.2) is 40.7 Å². The number of imide groups is 1. The number of primary amides is 1. The largest absolute Gasteiger partial charge is 0.351 e. The topological polar surface area (TPSA) is 101 Å². The van der Waals surface area contributed by atoms with Gasteiger partial charge in [0.05, 0.1) is 6.54 Å². The minimum atomic E-state index is -0.857. The Morgan fingerprint density at radius 3 is 2.53 bits per heavy atom. The fraction of sp³-hybridized carbons (Fsp3) is 0.750. The van der Waals surface area contributed by atoms with Crippen LogP contribution < -0.4 is 16.4 Å². The monoisotopic (exact) mass is 235 g/mol. The van der Waals surface area contributed by atoms with Gasteiger partial charge in [-0.25, -0.2) is 4.79 Å². The van der Waals surface area contributed by atoms with E-state index in [2.05, 4.69) is 5.32 Å². The van der Waals surface area contributed by atoms with Gasteiger partial charge in [-0.05, 0) is 13.0 Å². The van der Waals surface area contributed by atoms with Crippen molar-refractivity contribution >= 4 is 22.7 Å². The molecule has 0 aromatic carbocycles. The molecule has 3 amide bonds. The van der Waals surface area contributed by atoms with E-state index < -0.39 is 22.7 Å². The van der Waals surface area contributed by atoms with Gasteiger partial charge in [-0.1, -0.05) is 6.92 Å². The fourth-order valence-electron chi connectivity index (χ4n) is 0.855. The zero-order chi connectivity index (χ0) is 11.8. The standard InChI is InChI=1S/C8H17N3O3S/c1-6(15(2)14)3-4-10-5-7(12)11-8(9)13/h6,10H,3-5H2,1-2H3,(H3,9,11,12,13). The minimum absolute atomic E-state index is 0.0337. The van der Waals surface area contributed by atoms with Gasteiger partial charge in [0.15, 0.2) is 0 Å². The summed E-state index contributed by atoms with van der Waals surface area (Å²) in [7, 11) is -0.848. The van der Waals surface area contributed by atoms with Gasteiger partial charge in [0.2, 0.25) is 5.91 Å². The van der Waals surface area contributed by atoms with Crippen LogP contribution in [0, 0.1) is 0 Å². The first kappa shape index (κ1) is 14.1. The Kier molecular flexibility index (Phi) is 6.89. The second-order valence-electron chi connectivity index (χ2n) is 3.19. The van der Waals surface area contributed by atoms with Gasteiger partial charge >= 0.3 is 6.03 Å². The van der Waals surface area contributed by atoms with Crippen LogP contribution in [0.15, 0.2) is 0 Å². The molecule has 4 N–H and O–H groups in total. The number of amides is 3. The zero-order valence-corrected chi connectivity index (χ0v) is 9.73. The number of nitrogens with two attached hydrogens (primary N) is 1. The van der Waals surface area contributed by atoms with Crippen LogP contribution in [0.5, 0.6) is 0 Å². The lowest BCUT2D eigenvalue weighted by molar-refractivity contribution is -0.119. The van der Waals surface area contributed by atoms with Crippen LogP contribution in [0.1, 0.15) is 13.3 Å². The lowest BCUT2D eigenvalue weighted by Gasteiger charge is -2.08. The highest BCUT2D eigenvalue weighted by atomic mass is 32.2. The van der Waals surface area contributed by atoms with E-state index in [4.69, 9.17) is 5.73 Å². The average Bonchev–Trinajstić information content (AvgIpc) is 2.10. The Labute approximate surface area is 91.4 Å². The molecular formula is C8H17N3O3S. The van der Waals surface area contributed by atoms with E-state index in [1.807, 2.05) is 12.2 Å². The molecule has 0 fully saturated rings. The molecule has 2 unspecified atom stereocenters. The SMILES string of the molecule is CC(CCNCC(=O)NC(N)=O)S(C)=O. The molecule has 0 spiro atoms. The van der Waals surface area contributed by atoms with Crippen molar-refractivity contribution in [2.45, 2.75) is 18.6 Å². The van der Waals surface area contributed by atoms with Crippen molar-refractivity contribution in [1.29, 1.82) is 0 Å². The van der Waals surface area contributed by atoms with E-state index in [1.165, 1.54) is 0 Å². The third kappa shape index (κ3) is 8.07.